The first kappa shape index (κ1) is 10.7. The maximum atomic E-state index is 12.1. The molecule has 0 radical (unpaired) electrons. The van der Waals surface area contributed by atoms with Crippen molar-refractivity contribution in [3.8, 4) is 0 Å². The number of hydrogen-bond acceptors (Lipinski definition) is 4. The molecule has 0 amide bonds. The van der Waals surface area contributed by atoms with Crippen LogP contribution < -0.4 is 5.32 Å². The van der Waals surface area contributed by atoms with Gasteiger partial charge in [-0.1, -0.05) is 0 Å². The molecule has 0 bridgehead atoms. The first-order valence-corrected chi connectivity index (χ1v) is 6.31. The molecule has 15 heavy (non-hydrogen) atoms. The normalized spacial score (nSPS) is 22.9. The van der Waals surface area contributed by atoms with Crippen molar-refractivity contribution in [1.82, 2.24) is 15.3 Å². The van der Waals surface area contributed by atoms with E-state index in [0.29, 0.717) is 5.16 Å². The number of nitrogens with one attached hydrogen (secondary N) is 1. The van der Waals surface area contributed by atoms with Gasteiger partial charge >= 0.3 is 0 Å². The van der Waals surface area contributed by atoms with Crippen LogP contribution in [0.5, 0.6) is 0 Å². The molecule has 82 valence electrons. The highest BCUT2D eigenvalue weighted by atomic mass is 32.2. The van der Waals surface area contributed by atoms with Crippen LogP contribution in [0.15, 0.2) is 11.2 Å². The summed E-state index contributed by atoms with van der Waals surface area (Å²) in [5.74, 6) is 0. The lowest BCUT2D eigenvalue weighted by atomic mass is 10.4. The maximum absolute atomic E-state index is 12.1. The van der Waals surface area contributed by atoms with Crippen LogP contribution in [0.4, 0.5) is 0 Å². The third kappa shape index (κ3) is 2.41. The predicted octanol–water partition coefficient (Wildman–Crippen LogP) is 0.563. The van der Waals surface area contributed by atoms with Crippen LogP contribution in [0.2, 0.25) is 0 Å². The Morgan fingerprint density at radius 3 is 2.60 bits per heavy atom. The zero-order valence-corrected chi connectivity index (χ0v) is 9.80. The number of aryl methyl sites for hydroxylation is 2. The van der Waals surface area contributed by atoms with Gasteiger partial charge in [0.15, 0.2) is 0 Å². The molecule has 1 aromatic rings. The topological polar surface area (TPSA) is 54.9 Å². The second-order valence-corrected chi connectivity index (χ2v) is 5.47. The fourth-order valence-electron chi connectivity index (χ4n) is 1.74. The van der Waals surface area contributed by atoms with Crippen LogP contribution in [-0.4, -0.2) is 32.5 Å². The Labute approximate surface area is 92.0 Å². The van der Waals surface area contributed by atoms with E-state index in [1.54, 1.807) is 0 Å². The van der Waals surface area contributed by atoms with Gasteiger partial charge in [0.1, 0.15) is 0 Å². The van der Waals surface area contributed by atoms with Crippen molar-refractivity contribution in [2.24, 2.45) is 0 Å². The Kier molecular flexibility index (Phi) is 3.11. The standard InChI is InChI=1S/C10H15N3OS/c1-7-5-8(2)13-10(12-7)15(14)9-3-4-11-6-9/h5,9,11H,3-4,6H2,1-2H3/t9-,15?/m1/s1. The molecule has 5 heteroatoms. The number of nitrogens with zero attached hydrogens (tertiary/aromatic N) is 2. The Morgan fingerprint density at radius 2 is 2.07 bits per heavy atom. The Hall–Kier alpha value is -0.810. The van der Waals surface area contributed by atoms with Gasteiger partial charge in [-0.15, -0.1) is 0 Å². The molecule has 4 nitrogen and oxygen atoms in total. The lowest BCUT2D eigenvalue weighted by molar-refractivity contribution is 0.662. The molecular weight excluding hydrogens is 210 g/mol. The first-order valence-electron chi connectivity index (χ1n) is 5.10. The molecule has 0 spiro atoms. The third-order valence-electron chi connectivity index (χ3n) is 2.46. The quantitative estimate of drug-likeness (QED) is 0.747. The van der Waals surface area contributed by atoms with Crippen molar-refractivity contribution in [2.45, 2.75) is 30.7 Å². The third-order valence-corrected chi connectivity index (χ3v) is 4.01. The second kappa shape index (κ2) is 4.37. The van der Waals surface area contributed by atoms with Crippen LogP contribution in [0.1, 0.15) is 17.8 Å². The van der Waals surface area contributed by atoms with E-state index in [1.807, 2.05) is 19.9 Å². The van der Waals surface area contributed by atoms with Gasteiger partial charge < -0.3 is 5.32 Å². The molecular formula is C10H15N3OS. The van der Waals surface area contributed by atoms with Crippen LogP contribution in [0.3, 0.4) is 0 Å². The lowest BCUT2D eigenvalue weighted by Crippen LogP contribution is -2.20. The molecule has 0 aliphatic carbocycles. The van der Waals surface area contributed by atoms with Gasteiger partial charge in [-0.05, 0) is 32.9 Å². The van der Waals surface area contributed by atoms with Crippen molar-refractivity contribution in [2.75, 3.05) is 13.1 Å². The summed E-state index contributed by atoms with van der Waals surface area (Å²) < 4.78 is 12.1. The van der Waals surface area contributed by atoms with E-state index in [0.717, 1.165) is 30.9 Å². The molecule has 1 fully saturated rings. The SMILES string of the molecule is Cc1cc(C)nc(S(=O)[C@@H]2CCNC2)n1. The summed E-state index contributed by atoms with van der Waals surface area (Å²) in [5.41, 5.74) is 1.77. The van der Waals surface area contributed by atoms with Crippen LogP contribution >= 0.6 is 0 Å². The monoisotopic (exact) mass is 225 g/mol. The van der Waals surface area contributed by atoms with Crippen molar-refractivity contribution < 1.29 is 4.21 Å². The van der Waals surface area contributed by atoms with Gasteiger partial charge in [-0.25, -0.2) is 9.97 Å². The van der Waals surface area contributed by atoms with E-state index in [4.69, 9.17) is 0 Å². The maximum Gasteiger partial charge on any atom is 0.219 e. The van der Waals surface area contributed by atoms with Gasteiger partial charge in [0.05, 0.1) is 16.0 Å². The average Bonchev–Trinajstić information content (AvgIpc) is 2.67. The summed E-state index contributed by atoms with van der Waals surface area (Å²) in [6, 6.07) is 1.90. The van der Waals surface area contributed by atoms with E-state index in [1.165, 1.54) is 0 Å². The fraction of sp³-hybridized carbons (Fsp3) is 0.600. The number of aromatic nitrogens is 2. The Bertz CT molecular complexity index is 368. The zero-order chi connectivity index (χ0) is 10.8. The molecule has 1 saturated heterocycles. The van der Waals surface area contributed by atoms with Gasteiger partial charge in [0.2, 0.25) is 5.16 Å². The summed E-state index contributed by atoms with van der Waals surface area (Å²) in [7, 11) is -1.06. The molecule has 1 N–H and O–H groups in total. The minimum atomic E-state index is -1.06. The Morgan fingerprint density at radius 1 is 1.40 bits per heavy atom. The van der Waals surface area contributed by atoms with E-state index in [-0.39, 0.29) is 5.25 Å². The molecule has 1 aliphatic rings. The van der Waals surface area contributed by atoms with Crippen molar-refractivity contribution in [1.29, 1.82) is 0 Å². The van der Waals surface area contributed by atoms with Crippen molar-refractivity contribution >= 4 is 10.8 Å². The van der Waals surface area contributed by atoms with E-state index in [2.05, 4.69) is 15.3 Å². The van der Waals surface area contributed by atoms with Gasteiger partial charge in [0, 0.05) is 17.9 Å². The molecule has 2 heterocycles. The van der Waals surface area contributed by atoms with Crippen LogP contribution in [0.25, 0.3) is 0 Å². The molecule has 0 aromatic carbocycles. The molecule has 1 unspecified atom stereocenters. The first-order chi connectivity index (χ1) is 7.16. The molecule has 1 aliphatic heterocycles. The fourth-order valence-corrected chi connectivity index (χ4v) is 3.11. The van der Waals surface area contributed by atoms with E-state index >= 15 is 0 Å². The zero-order valence-electron chi connectivity index (χ0n) is 8.99. The summed E-state index contributed by atoms with van der Waals surface area (Å²) in [6.45, 7) is 5.56. The molecule has 2 rings (SSSR count). The molecule has 1 aromatic heterocycles. The summed E-state index contributed by atoms with van der Waals surface area (Å²) in [5, 5.41) is 3.86. The second-order valence-electron chi connectivity index (χ2n) is 3.85. The minimum Gasteiger partial charge on any atom is -0.315 e. The van der Waals surface area contributed by atoms with Gasteiger partial charge in [-0.3, -0.25) is 4.21 Å². The van der Waals surface area contributed by atoms with Gasteiger partial charge in [0.25, 0.3) is 0 Å². The van der Waals surface area contributed by atoms with Crippen LogP contribution in [0, 0.1) is 13.8 Å². The molecule has 2 atom stereocenters. The summed E-state index contributed by atoms with van der Waals surface area (Å²) >= 11 is 0. The lowest BCUT2D eigenvalue weighted by Gasteiger charge is -2.07. The summed E-state index contributed by atoms with van der Waals surface area (Å²) in [6.07, 6.45) is 0.947. The highest BCUT2D eigenvalue weighted by Crippen LogP contribution is 2.13. The molecule has 0 saturated carbocycles. The van der Waals surface area contributed by atoms with E-state index in [9.17, 15) is 4.21 Å². The van der Waals surface area contributed by atoms with Gasteiger partial charge in [-0.2, -0.15) is 0 Å². The van der Waals surface area contributed by atoms with Crippen molar-refractivity contribution in [3.05, 3.63) is 17.5 Å². The van der Waals surface area contributed by atoms with E-state index < -0.39 is 10.8 Å². The smallest absolute Gasteiger partial charge is 0.219 e. The largest absolute Gasteiger partial charge is 0.315 e. The number of hydrogen-bond donors (Lipinski definition) is 1. The highest BCUT2D eigenvalue weighted by molar-refractivity contribution is 7.85. The Balaban J connectivity index is 2.24. The highest BCUT2D eigenvalue weighted by Gasteiger charge is 2.24. The minimum absolute atomic E-state index is 0.172. The predicted molar refractivity (Wildman–Crippen MR) is 59.2 cm³/mol. The van der Waals surface area contributed by atoms with Crippen molar-refractivity contribution in [3.63, 3.8) is 0 Å². The summed E-state index contributed by atoms with van der Waals surface area (Å²) in [4.78, 5) is 8.48. The average molecular weight is 225 g/mol. The van der Waals surface area contributed by atoms with Crippen LogP contribution in [-0.2, 0) is 10.8 Å². The number of rotatable bonds is 2.